The molecule has 0 radical (unpaired) electrons. The molecule has 1 rings (SSSR count). The molecule has 1 atom stereocenters. The molecule has 0 bridgehead atoms. The first-order chi connectivity index (χ1) is 7.77. The molecule has 0 aliphatic heterocycles. The summed E-state index contributed by atoms with van der Waals surface area (Å²) in [7, 11) is -2.33. The van der Waals surface area contributed by atoms with Crippen LogP contribution in [0.3, 0.4) is 0 Å². The van der Waals surface area contributed by atoms with Crippen molar-refractivity contribution in [1.29, 1.82) is 5.26 Å². The predicted molar refractivity (Wildman–Crippen MR) is 62.0 cm³/mol. The van der Waals surface area contributed by atoms with Crippen LogP contribution in [0, 0.1) is 18.3 Å². The Hall–Kier alpha value is -1.39. The summed E-state index contributed by atoms with van der Waals surface area (Å²) in [5.74, 6) is 0. The summed E-state index contributed by atoms with van der Waals surface area (Å²) >= 11 is 0. The van der Waals surface area contributed by atoms with Crippen LogP contribution in [0.2, 0.25) is 0 Å². The molecule has 7 heteroatoms. The average Bonchev–Trinajstić information content (AvgIpc) is 2.45. The van der Waals surface area contributed by atoms with Gasteiger partial charge in [0.05, 0.1) is 23.4 Å². The number of aromatic nitrogens is 2. The third kappa shape index (κ3) is 3.05. The maximum Gasteiger partial charge on any atom is 0.267 e. The Balaban J connectivity index is 3.10. The lowest BCUT2D eigenvalue weighted by Gasteiger charge is -2.08. The first-order valence-corrected chi connectivity index (χ1v) is 6.62. The van der Waals surface area contributed by atoms with Gasteiger partial charge in [0, 0.05) is 12.7 Å². The van der Waals surface area contributed by atoms with Crippen LogP contribution >= 0.6 is 0 Å². The minimum absolute atomic E-state index is 0.134. The first kappa shape index (κ1) is 13.7. The van der Waals surface area contributed by atoms with Crippen molar-refractivity contribution in [2.24, 2.45) is 7.05 Å². The van der Waals surface area contributed by atoms with Crippen molar-refractivity contribution in [2.75, 3.05) is 0 Å². The van der Waals surface area contributed by atoms with Crippen LogP contribution in [0.1, 0.15) is 23.9 Å². The van der Waals surface area contributed by atoms with Crippen molar-refractivity contribution in [3.8, 4) is 6.07 Å². The van der Waals surface area contributed by atoms with E-state index >= 15 is 0 Å². The quantitative estimate of drug-likeness (QED) is 0.797. The highest BCUT2D eigenvalue weighted by atomic mass is 32.2. The maximum absolute atomic E-state index is 11.0. The molecule has 1 N–H and O–H groups in total. The van der Waals surface area contributed by atoms with Gasteiger partial charge in [0.15, 0.2) is 0 Å². The Bertz CT molecular complexity index is 554. The molecule has 0 spiro atoms. The number of nitrogens with zero attached hydrogens (tertiary/aromatic N) is 3. The molecule has 0 aliphatic carbocycles. The predicted octanol–water partition coefficient (Wildman–Crippen LogP) is 0.613. The summed E-state index contributed by atoms with van der Waals surface area (Å²) < 4.78 is 32.5. The smallest absolute Gasteiger partial charge is 0.267 e. The lowest BCUT2D eigenvalue weighted by molar-refractivity contribution is 0.469. The average molecular weight is 257 g/mol. The zero-order valence-corrected chi connectivity index (χ0v) is 10.8. The minimum Gasteiger partial charge on any atom is -0.285 e. The van der Waals surface area contributed by atoms with E-state index in [9.17, 15) is 8.42 Å². The minimum atomic E-state index is -4.06. The largest absolute Gasteiger partial charge is 0.285 e. The molecular formula is C10H15N3O3S. The van der Waals surface area contributed by atoms with Gasteiger partial charge < -0.3 is 0 Å². The molecule has 17 heavy (non-hydrogen) atoms. The Kier molecular flexibility index (Phi) is 3.91. The van der Waals surface area contributed by atoms with Crippen molar-refractivity contribution in [3.05, 3.63) is 17.0 Å². The topological polar surface area (TPSA) is 96.0 Å². The zero-order chi connectivity index (χ0) is 13.2. The second-order valence-electron chi connectivity index (χ2n) is 4.00. The normalized spacial score (nSPS) is 13.4. The summed E-state index contributed by atoms with van der Waals surface area (Å²) in [6.45, 7) is 3.23. The molecule has 94 valence electrons. The van der Waals surface area contributed by atoms with Crippen molar-refractivity contribution in [1.82, 2.24) is 9.78 Å². The van der Waals surface area contributed by atoms with Gasteiger partial charge in [0.25, 0.3) is 10.1 Å². The van der Waals surface area contributed by atoms with Gasteiger partial charge in [0.1, 0.15) is 0 Å². The van der Waals surface area contributed by atoms with Crippen LogP contribution in [0.5, 0.6) is 0 Å². The molecule has 0 fully saturated rings. The summed E-state index contributed by atoms with van der Waals surface area (Å²) in [6.07, 6.45) is 0.296. The van der Waals surface area contributed by atoms with Gasteiger partial charge in [-0.3, -0.25) is 9.23 Å². The van der Waals surface area contributed by atoms with Crippen LogP contribution in [0.15, 0.2) is 0 Å². The fraction of sp³-hybridized carbons (Fsp3) is 0.600. The number of hydrogen-bond donors (Lipinski definition) is 1. The second kappa shape index (κ2) is 4.85. The molecule has 0 saturated carbocycles. The lowest BCUT2D eigenvalue weighted by Crippen LogP contribution is -2.20. The number of nitriles is 1. The van der Waals surface area contributed by atoms with Crippen LogP contribution < -0.4 is 0 Å². The van der Waals surface area contributed by atoms with Gasteiger partial charge in [-0.15, -0.1) is 0 Å². The van der Waals surface area contributed by atoms with Crippen LogP contribution in [-0.4, -0.2) is 28.0 Å². The van der Waals surface area contributed by atoms with Crippen molar-refractivity contribution >= 4 is 10.1 Å². The van der Waals surface area contributed by atoms with Crippen molar-refractivity contribution in [2.45, 2.75) is 31.9 Å². The first-order valence-electron chi connectivity index (χ1n) is 5.12. The van der Waals surface area contributed by atoms with Gasteiger partial charge in [-0.2, -0.15) is 18.8 Å². The summed E-state index contributed by atoms with van der Waals surface area (Å²) in [5.41, 5.74) is 2.10. The number of aryl methyl sites for hydroxylation is 1. The Labute approximate surface area is 101 Å². The van der Waals surface area contributed by atoms with E-state index < -0.39 is 15.4 Å². The Morgan fingerprint density at radius 2 is 2.18 bits per heavy atom. The Morgan fingerprint density at radius 3 is 2.65 bits per heavy atom. The number of hydrogen-bond acceptors (Lipinski definition) is 4. The van der Waals surface area contributed by atoms with E-state index in [0.717, 1.165) is 11.3 Å². The highest BCUT2D eigenvalue weighted by Gasteiger charge is 2.22. The maximum atomic E-state index is 11.0. The van der Waals surface area contributed by atoms with Gasteiger partial charge in [-0.05, 0) is 25.8 Å². The standard InChI is InChI=1S/C10H15N3O3S/c1-7(17(14,15)16)6-9-8(2)13(3)12-10(9)4-5-11/h7H,4,6H2,1-3H3,(H,14,15,16). The highest BCUT2D eigenvalue weighted by Crippen LogP contribution is 2.18. The van der Waals surface area contributed by atoms with E-state index in [-0.39, 0.29) is 12.8 Å². The van der Waals surface area contributed by atoms with Crippen molar-refractivity contribution < 1.29 is 13.0 Å². The van der Waals surface area contributed by atoms with E-state index in [2.05, 4.69) is 5.10 Å². The van der Waals surface area contributed by atoms with E-state index in [4.69, 9.17) is 9.81 Å². The van der Waals surface area contributed by atoms with Gasteiger partial charge >= 0.3 is 0 Å². The van der Waals surface area contributed by atoms with Crippen LogP contribution in [0.4, 0.5) is 0 Å². The van der Waals surface area contributed by atoms with Crippen LogP contribution in [0.25, 0.3) is 0 Å². The zero-order valence-electron chi connectivity index (χ0n) is 10.0. The SMILES string of the molecule is Cc1c(CC(C)S(=O)(=O)O)c(CC#N)nn1C. The molecule has 6 nitrogen and oxygen atoms in total. The third-order valence-corrected chi connectivity index (χ3v) is 3.97. The van der Waals surface area contributed by atoms with Crippen LogP contribution in [-0.2, 0) is 30.0 Å². The third-order valence-electron chi connectivity index (χ3n) is 2.79. The van der Waals surface area contributed by atoms with E-state index in [1.54, 1.807) is 18.7 Å². The second-order valence-corrected chi connectivity index (χ2v) is 5.83. The van der Waals surface area contributed by atoms with E-state index in [1.807, 2.05) is 6.07 Å². The molecule has 1 unspecified atom stereocenters. The molecule has 1 heterocycles. The van der Waals surface area contributed by atoms with Crippen molar-refractivity contribution in [3.63, 3.8) is 0 Å². The summed E-state index contributed by atoms with van der Waals surface area (Å²) in [4.78, 5) is 0. The van der Waals surface area contributed by atoms with Gasteiger partial charge in [-0.25, -0.2) is 0 Å². The molecule has 0 aromatic carbocycles. The molecular weight excluding hydrogens is 242 g/mol. The molecule has 0 saturated heterocycles. The Morgan fingerprint density at radius 1 is 1.59 bits per heavy atom. The lowest BCUT2D eigenvalue weighted by atomic mass is 10.1. The summed E-state index contributed by atoms with van der Waals surface area (Å²) in [5, 5.41) is 11.9. The van der Waals surface area contributed by atoms with E-state index in [0.29, 0.717) is 5.69 Å². The molecule has 0 aliphatic rings. The fourth-order valence-electron chi connectivity index (χ4n) is 1.60. The molecule has 1 aromatic rings. The van der Waals surface area contributed by atoms with Gasteiger partial charge in [-0.1, -0.05) is 0 Å². The summed E-state index contributed by atoms with van der Waals surface area (Å²) in [6, 6.07) is 1.99. The number of rotatable bonds is 4. The monoisotopic (exact) mass is 257 g/mol. The fourth-order valence-corrected chi connectivity index (χ4v) is 1.97. The van der Waals surface area contributed by atoms with Gasteiger partial charge in [0.2, 0.25) is 0 Å². The molecule has 1 aromatic heterocycles. The van der Waals surface area contributed by atoms with E-state index in [1.165, 1.54) is 6.92 Å². The molecule has 0 amide bonds. The highest BCUT2D eigenvalue weighted by molar-refractivity contribution is 7.86.